The number of rotatable bonds is 5. The minimum atomic E-state index is -4.26. The van der Waals surface area contributed by atoms with Crippen LogP contribution < -0.4 is 5.32 Å². The Hall–Kier alpha value is -0.660. The topological polar surface area (TPSA) is 63.2 Å². The Bertz CT molecular complexity index is 680. The number of nitrogens with one attached hydrogen (secondary N) is 1. The monoisotopic (exact) mass is 397 g/mol. The minimum Gasteiger partial charge on any atom is -0.349 e. The lowest BCUT2D eigenvalue weighted by Crippen LogP contribution is -2.28. The van der Waals surface area contributed by atoms with Gasteiger partial charge in [-0.15, -0.1) is 0 Å². The molecule has 4 nitrogen and oxygen atoms in total. The van der Waals surface area contributed by atoms with Crippen LogP contribution in [-0.2, 0) is 9.05 Å². The number of benzene rings is 1. The van der Waals surface area contributed by atoms with E-state index in [1.807, 2.05) is 0 Å². The van der Waals surface area contributed by atoms with Gasteiger partial charge in [0.1, 0.15) is 4.90 Å². The average molecular weight is 399 g/mol. The summed E-state index contributed by atoms with van der Waals surface area (Å²) < 4.78 is 37.1. The third kappa shape index (κ3) is 3.96. The highest BCUT2D eigenvalue weighted by Gasteiger charge is 2.38. The Morgan fingerprint density at radius 1 is 1.52 bits per heavy atom. The molecule has 1 fully saturated rings. The van der Waals surface area contributed by atoms with E-state index in [-0.39, 0.29) is 16.1 Å². The largest absolute Gasteiger partial charge is 0.349 e. The molecule has 21 heavy (non-hydrogen) atoms. The summed E-state index contributed by atoms with van der Waals surface area (Å²) in [5, 5.41) is 2.71. The molecule has 0 aliphatic heterocycles. The molecule has 0 aromatic heterocycles. The van der Waals surface area contributed by atoms with Gasteiger partial charge in [0.2, 0.25) is 0 Å². The second kappa shape index (κ2) is 6.22. The lowest BCUT2D eigenvalue weighted by Gasteiger charge is -2.09. The standard InChI is InChI=1S/C13H14BrClFNO3S/c1-2-3-7-4-10(7)17-13(18)9-5-8(14)6-11(12(9)16)21(15,19)20/h5-7,10H,2-4H2,1H3,(H,17,18). The first-order chi connectivity index (χ1) is 9.74. The van der Waals surface area contributed by atoms with Crippen molar-refractivity contribution in [2.45, 2.75) is 37.1 Å². The molecule has 2 rings (SSSR count). The van der Waals surface area contributed by atoms with E-state index in [1.165, 1.54) is 6.07 Å². The van der Waals surface area contributed by atoms with E-state index in [1.54, 1.807) is 0 Å². The molecular formula is C13H14BrClFNO3S. The van der Waals surface area contributed by atoms with Crippen molar-refractivity contribution in [3.8, 4) is 0 Å². The van der Waals surface area contributed by atoms with Gasteiger partial charge in [0.25, 0.3) is 15.0 Å². The number of amides is 1. The summed E-state index contributed by atoms with van der Waals surface area (Å²) in [6.45, 7) is 2.06. The van der Waals surface area contributed by atoms with E-state index in [4.69, 9.17) is 10.7 Å². The highest BCUT2D eigenvalue weighted by atomic mass is 79.9. The molecule has 0 heterocycles. The van der Waals surface area contributed by atoms with E-state index >= 15 is 0 Å². The molecule has 0 spiro atoms. The molecule has 1 aliphatic rings. The van der Waals surface area contributed by atoms with E-state index < -0.39 is 25.7 Å². The van der Waals surface area contributed by atoms with E-state index in [9.17, 15) is 17.6 Å². The van der Waals surface area contributed by atoms with Gasteiger partial charge in [-0.05, 0) is 30.9 Å². The number of hydrogen-bond acceptors (Lipinski definition) is 3. The van der Waals surface area contributed by atoms with E-state index in [0.717, 1.165) is 25.3 Å². The van der Waals surface area contributed by atoms with Crippen LogP contribution >= 0.6 is 26.6 Å². The number of carbonyl (C=O) groups is 1. The van der Waals surface area contributed by atoms with Crippen molar-refractivity contribution in [3.05, 3.63) is 28.0 Å². The van der Waals surface area contributed by atoms with Gasteiger partial charge >= 0.3 is 0 Å². The van der Waals surface area contributed by atoms with Crippen LogP contribution in [0.3, 0.4) is 0 Å². The Labute approximate surface area is 135 Å². The molecule has 2 atom stereocenters. The van der Waals surface area contributed by atoms with Crippen LogP contribution in [0, 0.1) is 11.7 Å². The second-order valence-corrected chi connectivity index (χ2v) is 8.52. The van der Waals surface area contributed by atoms with Gasteiger partial charge in [-0.2, -0.15) is 0 Å². The van der Waals surface area contributed by atoms with Crippen molar-refractivity contribution < 1.29 is 17.6 Å². The highest BCUT2D eigenvalue weighted by molar-refractivity contribution is 9.10. The zero-order valence-corrected chi connectivity index (χ0v) is 14.4. The summed E-state index contributed by atoms with van der Waals surface area (Å²) in [6.07, 6.45) is 2.90. The predicted octanol–water partition coefficient (Wildman–Crippen LogP) is 3.43. The van der Waals surface area contributed by atoms with Crippen molar-refractivity contribution >= 4 is 41.6 Å². The number of hydrogen-bond donors (Lipinski definition) is 1. The number of carbonyl (C=O) groups excluding carboxylic acids is 1. The number of halogens is 3. The fourth-order valence-electron chi connectivity index (χ4n) is 2.27. The average Bonchev–Trinajstić information content (AvgIpc) is 3.08. The lowest BCUT2D eigenvalue weighted by atomic mass is 10.2. The van der Waals surface area contributed by atoms with Crippen molar-refractivity contribution in [2.24, 2.45) is 5.92 Å². The van der Waals surface area contributed by atoms with Crippen molar-refractivity contribution in [3.63, 3.8) is 0 Å². The second-order valence-electron chi connectivity index (χ2n) is 5.07. The zero-order chi connectivity index (χ0) is 15.8. The van der Waals surface area contributed by atoms with Crippen molar-refractivity contribution in [1.29, 1.82) is 0 Å². The summed E-state index contributed by atoms with van der Waals surface area (Å²) in [5.41, 5.74) is -0.328. The molecule has 0 saturated heterocycles. The summed E-state index contributed by atoms with van der Waals surface area (Å²) in [5.74, 6) is -1.33. The molecule has 116 valence electrons. The third-order valence-electron chi connectivity index (χ3n) is 3.41. The molecule has 8 heteroatoms. The fraction of sp³-hybridized carbons (Fsp3) is 0.462. The molecule has 2 unspecified atom stereocenters. The Morgan fingerprint density at radius 3 is 2.76 bits per heavy atom. The van der Waals surface area contributed by atoms with Crippen LogP contribution in [0.15, 0.2) is 21.5 Å². The van der Waals surface area contributed by atoms with E-state index in [0.29, 0.717) is 5.92 Å². The van der Waals surface area contributed by atoms with Gasteiger partial charge < -0.3 is 5.32 Å². The summed E-state index contributed by atoms with van der Waals surface area (Å²) in [7, 11) is 0.918. The predicted molar refractivity (Wildman–Crippen MR) is 81.4 cm³/mol. The minimum absolute atomic E-state index is 0.0342. The summed E-state index contributed by atoms with van der Waals surface area (Å²) >= 11 is 3.06. The van der Waals surface area contributed by atoms with Gasteiger partial charge in [-0.1, -0.05) is 29.3 Å². The van der Waals surface area contributed by atoms with Gasteiger partial charge in [0, 0.05) is 21.2 Å². The van der Waals surface area contributed by atoms with Gasteiger partial charge in [-0.25, -0.2) is 12.8 Å². The molecular weight excluding hydrogens is 385 g/mol. The maximum absolute atomic E-state index is 14.2. The van der Waals surface area contributed by atoms with Crippen LogP contribution in [0.1, 0.15) is 36.5 Å². The van der Waals surface area contributed by atoms with Crippen LogP contribution in [0.5, 0.6) is 0 Å². The van der Waals surface area contributed by atoms with Gasteiger partial charge in [0.05, 0.1) is 5.56 Å². The molecule has 1 aliphatic carbocycles. The zero-order valence-electron chi connectivity index (χ0n) is 11.2. The van der Waals surface area contributed by atoms with Crippen LogP contribution in [0.25, 0.3) is 0 Å². The Kier molecular flexibility index (Phi) is 4.95. The normalized spacial score (nSPS) is 21.1. The Balaban J connectivity index is 2.24. The maximum Gasteiger partial charge on any atom is 0.264 e. The molecule has 1 aromatic carbocycles. The fourth-order valence-corrected chi connectivity index (χ4v) is 3.81. The first kappa shape index (κ1) is 16.7. The van der Waals surface area contributed by atoms with Gasteiger partial charge in [-0.3, -0.25) is 4.79 Å². The molecule has 1 aromatic rings. The highest BCUT2D eigenvalue weighted by Crippen LogP contribution is 2.35. The first-order valence-corrected chi connectivity index (χ1v) is 9.58. The van der Waals surface area contributed by atoms with Crippen LogP contribution in [0.2, 0.25) is 0 Å². The SMILES string of the molecule is CCCC1CC1NC(=O)c1cc(Br)cc(S(=O)(=O)Cl)c1F. The summed E-state index contributed by atoms with van der Waals surface area (Å²) in [4.78, 5) is 11.4. The smallest absolute Gasteiger partial charge is 0.264 e. The molecule has 0 bridgehead atoms. The van der Waals surface area contributed by atoms with Gasteiger partial charge in [0.15, 0.2) is 5.82 Å². The first-order valence-electron chi connectivity index (χ1n) is 6.48. The molecule has 1 N–H and O–H groups in total. The summed E-state index contributed by atoms with van der Waals surface area (Å²) in [6, 6.07) is 2.31. The van der Waals surface area contributed by atoms with Crippen LogP contribution in [-0.4, -0.2) is 20.4 Å². The molecule has 1 amide bonds. The third-order valence-corrected chi connectivity index (χ3v) is 5.19. The maximum atomic E-state index is 14.2. The Morgan fingerprint density at radius 2 is 2.19 bits per heavy atom. The van der Waals surface area contributed by atoms with Crippen molar-refractivity contribution in [2.75, 3.05) is 0 Å². The van der Waals surface area contributed by atoms with E-state index in [2.05, 4.69) is 28.2 Å². The lowest BCUT2D eigenvalue weighted by molar-refractivity contribution is 0.0944. The molecule has 0 radical (unpaired) electrons. The van der Waals surface area contributed by atoms with Crippen LogP contribution in [0.4, 0.5) is 4.39 Å². The van der Waals surface area contributed by atoms with Crippen molar-refractivity contribution in [1.82, 2.24) is 5.32 Å². The quantitative estimate of drug-likeness (QED) is 0.773. The molecule has 1 saturated carbocycles.